The van der Waals surface area contributed by atoms with E-state index in [9.17, 15) is 14.7 Å². The van der Waals surface area contributed by atoms with Crippen LogP contribution in [0, 0.1) is 11.8 Å². The van der Waals surface area contributed by atoms with Crippen molar-refractivity contribution in [3.63, 3.8) is 0 Å². The number of benzene rings is 1. The first-order valence-electron chi connectivity index (χ1n) is 9.00. The summed E-state index contributed by atoms with van der Waals surface area (Å²) >= 11 is 0. The fourth-order valence-electron chi connectivity index (χ4n) is 3.26. The zero-order valence-corrected chi connectivity index (χ0v) is 15.8. The number of hydrogen-bond donors (Lipinski definition) is 3. The number of phenols is 1. The van der Waals surface area contributed by atoms with E-state index in [0.29, 0.717) is 18.0 Å². The van der Waals surface area contributed by atoms with Gasteiger partial charge in [-0.15, -0.1) is 0 Å². The number of hydrogen-bond acceptors (Lipinski definition) is 3. The van der Waals surface area contributed by atoms with E-state index in [-0.39, 0.29) is 41.4 Å². The largest absolute Gasteiger partial charge is 0.506 e. The second kappa shape index (κ2) is 7.46. The van der Waals surface area contributed by atoms with Crippen LogP contribution in [-0.4, -0.2) is 23.0 Å². The molecule has 1 fully saturated rings. The Hall–Kier alpha value is -2.04. The Bertz CT molecular complexity index is 647. The molecule has 0 unspecified atom stereocenters. The van der Waals surface area contributed by atoms with Crippen LogP contribution in [0.1, 0.15) is 59.4 Å². The maximum atomic E-state index is 12.7. The smallest absolute Gasteiger partial charge is 0.228 e. The summed E-state index contributed by atoms with van der Waals surface area (Å²) in [6, 6.07) is 5.30. The lowest BCUT2D eigenvalue weighted by molar-refractivity contribution is -0.131. The summed E-state index contributed by atoms with van der Waals surface area (Å²) < 4.78 is 0. The van der Waals surface area contributed by atoms with Crippen molar-refractivity contribution in [1.29, 1.82) is 0 Å². The van der Waals surface area contributed by atoms with E-state index < -0.39 is 0 Å². The molecule has 0 saturated carbocycles. The van der Waals surface area contributed by atoms with Gasteiger partial charge >= 0.3 is 0 Å². The number of piperidine rings is 1. The third-order valence-corrected chi connectivity index (χ3v) is 4.61. The van der Waals surface area contributed by atoms with Gasteiger partial charge in [-0.1, -0.05) is 40.7 Å². The summed E-state index contributed by atoms with van der Waals surface area (Å²) in [6.07, 6.45) is 1.69. The molecule has 0 aliphatic carbocycles. The molecule has 5 nitrogen and oxygen atoms in total. The van der Waals surface area contributed by atoms with Gasteiger partial charge in [0.05, 0.1) is 5.69 Å². The van der Waals surface area contributed by atoms with Crippen molar-refractivity contribution in [2.45, 2.75) is 65.3 Å². The highest BCUT2D eigenvalue weighted by Gasteiger charge is 2.32. The average molecular weight is 346 g/mol. The van der Waals surface area contributed by atoms with Crippen LogP contribution in [0.3, 0.4) is 0 Å². The van der Waals surface area contributed by atoms with Crippen molar-refractivity contribution in [3.8, 4) is 5.75 Å². The van der Waals surface area contributed by atoms with Crippen molar-refractivity contribution < 1.29 is 14.7 Å². The third kappa shape index (κ3) is 5.21. The van der Waals surface area contributed by atoms with Gasteiger partial charge in [0, 0.05) is 18.4 Å². The van der Waals surface area contributed by atoms with E-state index in [1.807, 2.05) is 12.1 Å². The monoisotopic (exact) mass is 346 g/mol. The minimum absolute atomic E-state index is 0.0338. The van der Waals surface area contributed by atoms with Crippen molar-refractivity contribution in [2.24, 2.45) is 11.8 Å². The fourth-order valence-corrected chi connectivity index (χ4v) is 3.26. The molecule has 1 aliphatic rings. The van der Waals surface area contributed by atoms with Crippen molar-refractivity contribution in [3.05, 3.63) is 23.8 Å². The lowest BCUT2D eigenvalue weighted by atomic mass is 9.86. The predicted octanol–water partition coefficient (Wildman–Crippen LogP) is 3.57. The van der Waals surface area contributed by atoms with Crippen molar-refractivity contribution in [2.75, 3.05) is 5.32 Å². The highest BCUT2D eigenvalue weighted by atomic mass is 16.3. The first kappa shape index (κ1) is 19.3. The number of aromatic hydroxyl groups is 1. The molecule has 1 heterocycles. The summed E-state index contributed by atoms with van der Waals surface area (Å²) in [5.74, 6) is -0.148. The molecule has 0 bridgehead atoms. The molecule has 2 atom stereocenters. The van der Waals surface area contributed by atoms with Crippen LogP contribution in [0.15, 0.2) is 18.2 Å². The molecule has 0 spiro atoms. The average Bonchev–Trinajstić information content (AvgIpc) is 2.46. The molecule has 2 rings (SSSR count). The maximum absolute atomic E-state index is 12.7. The summed E-state index contributed by atoms with van der Waals surface area (Å²) in [7, 11) is 0. The molecule has 138 valence electrons. The molecule has 2 amide bonds. The Balaban J connectivity index is 2.12. The number of amides is 2. The Morgan fingerprint density at radius 3 is 2.64 bits per heavy atom. The van der Waals surface area contributed by atoms with E-state index in [0.717, 1.165) is 12.0 Å². The van der Waals surface area contributed by atoms with Gasteiger partial charge in [0.2, 0.25) is 11.8 Å². The minimum atomic E-state index is -0.366. The molecule has 1 aliphatic heterocycles. The second-order valence-electron chi connectivity index (χ2n) is 8.50. The number of phenolic OH excluding ortho intramolecular Hbond substituents is 1. The number of anilines is 1. The van der Waals surface area contributed by atoms with Gasteiger partial charge in [0.15, 0.2) is 0 Å². The zero-order valence-electron chi connectivity index (χ0n) is 15.8. The molecule has 5 heteroatoms. The highest BCUT2D eigenvalue weighted by Crippen LogP contribution is 2.32. The standard InChI is InChI=1S/C20H30N2O3/c1-12(2)8-15-9-13(10-18(24)21-15)19(25)22-16-11-14(20(3,4)5)6-7-17(16)23/h6-7,11-13,15,23H,8-10H2,1-5H3,(H,21,24)(H,22,25)/t13-,15-/m0/s1. The first-order chi connectivity index (χ1) is 11.6. The van der Waals surface area contributed by atoms with Crippen LogP contribution in [0.4, 0.5) is 5.69 Å². The number of carbonyl (C=O) groups excluding carboxylic acids is 2. The molecular formula is C20H30N2O3. The minimum Gasteiger partial charge on any atom is -0.506 e. The van der Waals surface area contributed by atoms with Gasteiger partial charge in [-0.2, -0.15) is 0 Å². The quantitative estimate of drug-likeness (QED) is 0.729. The molecule has 0 radical (unpaired) electrons. The molecule has 0 aromatic heterocycles. The van der Waals surface area contributed by atoms with Crippen molar-refractivity contribution >= 4 is 17.5 Å². The number of rotatable bonds is 4. The predicted molar refractivity (Wildman–Crippen MR) is 99.5 cm³/mol. The summed E-state index contributed by atoms with van der Waals surface area (Å²) in [4.78, 5) is 24.6. The van der Waals surface area contributed by atoms with Gasteiger partial charge in [0.1, 0.15) is 5.75 Å². The Kier molecular flexibility index (Phi) is 5.76. The molecule has 25 heavy (non-hydrogen) atoms. The maximum Gasteiger partial charge on any atom is 0.228 e. The Morgan fingerprint density at radius 2 is 2.04 bits per heavy atom. The topological polar surface area (TPSA) is 78.4 Å². The van der Waals surface area contributed by atoms with Crippen LogP contribution in [0.5, 0.6) is 5.75 Å². The summed E-state index contributed by atoms with van der Waals surface area (Å²) in [5.41, 5.74) is 1.35. The first-order valence-corrected chi connectivity index (χ1v) is 9.00. The van der Waals surface area contributed by atoms with Crippen LogP contribution >= 0.6 is 0 Å². The summed E-state index contributed by atoms with van der Waals surface area (Å²) in [6.45, 7) is 10.4. The van der Waals surface area contributed by atoms with Gasteiger partial charge < -0.3 is 15.7 Å². The molecule has 1 aromatic rings. The van der Waals surface area contributed by atoms with Gasteiger partial charge in [-0.3, -0.25) is 9.59 Å². The van der Waals surface area contributed by atoms with Crippen LogP contribution in [-0.2, 0) is 15.0 Å². The fraction of sp³-hybridized carbons (Fsp3) is 0.600. The van der Waals surface area contributed by atoms with Gasteiger partial charge in [0.25, 0.3) is 0 Å². The van der Waals surface area contributed by atoms with Gasteiger partial charge in [-0.05, 0) is 41.9 Å². The van der Waals surface area contributed by atoms with E-state index >= 15 is 0 Å². The van der Waals surface area contributed by atoms with E-state index in [2.05, 4.69) is 45.3 Å². The normalized spacial score (nSPS) is 21.1. The second-order valence-corrected chi connectivity index (χ2v) is 8.50. The summed E-state index contributed by atoms with van der Waals surface area (Å²) in [5, 5.41) is 15.9. The Labute approximate surface area is 150 Å². The Morgan fingerprint density at radius 1 is 1.36 bits per heavy atom. The lowest BCUT2D eigenvalue weighted by Gasteiger charge is -2.30. The van der Waals surface area contributed by atoms with Crippen LogP contribution in [0.25, 0.3) is 0 Å². The number of carbonyl (C=O) groups is 2. The lowest BCUT2D eigenvalue weighted by Crippen LogP contribution is -2.46. The SMILES string of the molecule is CC(C)C[C@H]1C[C@H](C(=O)Nc2cc(C(C)(C)C)ccc2O)CC(=O)N1. The van der Waals surface area contributed by atoms with Gasteiger partial charge in [-0.25, -0.2) is 0 Å². The molecule has 1 aromatic carbocycles. The zero-order chi connectivity index (χ0) is 18.8. The van der Waals surface area contributed by atoms with Crippen LogP contribution in [0.2, 0.25) is 0 Å². The molecule has 3 N–H and O–H groups in total. The highest BCUT2D eigenvalue weighted by molar-refractivity contribution is 5.97. The van der Waals surface area contributed by atoms with Crippen LogP contribution < -0.4 is 10.6 Å². The molecule has 1 saturated heterocycles. The van der Waals surface area contributed by atoms with E-state index in [1.165, 1.54) is 0 Å². The molecular weight excluding hydrogens is 316 g/mol. The van der Waals surface area contributed by atoms with E-state index in [4.69, 9.17) is 0 Å². The van der Waals surface area contributed by atoms with Crippen molar-refractivity contribution in [1.82, 2.24) is 5.32 Å². The third-order valence-electron chi connectivity index (χ3n) is 4.61. The van der Waals surface area contributed by atoms with E-state index in [1.54, 1.807) is 6.07 Å². The number of nitrogens with one attached hydrogen (secondary N) is 2.